The molecule has 3 amide bonds. The van der Waals surface area contributed by atoms with Crippen molar-refractivity contribution in [3.63, 3.8) is 0 Å². The van der Waals surface area contributed by atoms with Crippen molar-refractivity contribution in [3.8, 4) is 0 Å². The molecule has 0 aliphatic heterocycles. The van der Waals surface area contributed by atoms with Gasteiger partial charge < -0.3 is 25.4 Å². The van der Waals surface area contributed by atoms with Crippen LogP contribution in [0.1, 0.15) is 42.9 Å². The molecule has 2 aromatic carbocycles. The lowest BCUT2D eigenvalue weighted by atomic mass is 9.91. The zero-order valence-electron chi connectivity index (χ0n) is 21.0. The molecule has 38 heavy (non-hydrogen) atoms. The fourth-order valence-electron chi connectivity index (χ4n) is 4.48. The van der Waals surface area contributed by atoms with Gasteiger partial charge in [0.15, 0.2) is 17.3 Å². The van der Waals surface area contributed by atoms with Gasteiger partial charge in [-0.15, -0.1) is 0 Å². The van der Waals surface area contributed by atoms with E-state index in [4.69, 9.17) is 4.52 Å². The number of urea groups is 1. The Morgan fingerprint density at radius 3 is 2.34 bits per heavy atom. The van der Waals surface area contributed by atoms with E-state index < -0.39 is 23.7 Å². The maximum Gasteiger partial charge on any atom is 0.416 e. The van der Waals surface area contributed by atoms with Crippen LogP contribution in [0.5, 0.6) is 0 Å². The number of alkyl halides is 3. The Morgan fingerprint density at radius 2 is 1.71 bits per heavy atom. The van der Waals surface area contributed by atoms with E-state index in [0.29, 0.717) is 11.6 Å². The Hall–Kier alpha value is -3.93. The van der Waals surface area contributed by atoms with Crippen LogP contribution < -0.4 is 15.3 Å². The quantitative estimate of drug-likeness (QED) is 0.396. The van der Waals surface area contributed by atoms with Crippen LogP contribution in [0.4, 0.5) is 35.2 Å². The molecule has 1 aliphatic rings. The van der Waals surface area contributed by atoms with Crippen molar-refractivity contribution in [2.24, 2.45) is 0 Å². The van der Waals surface area contributed by atoms with Gasteiger partial charge in [-0.1, -0.05) is 35.0 Å². The first-order valence-electron chi connectivity index (χ1n) is 12.2. The van der Waals surface area contributed by atoms with Crippen molar-refractivity contribution >= 4 is 29.2 Å². The van der Waals surface area contributed by atoms with Gasteiger partial charge in [0.2, 0.25) is 18.0 Å². The summed E-state index contributed by atoms with van der Waals surface area (Å²) >= 11 is 0. The van der Waals surface area contributed by atoms with Gasteiger partial charge in [-0.3, -0.25) is 9.59 Å². The minimum atomic E-state index is -4.70. The second-order valence-electron chi connectivity index (χ2n) is 9.50. The number of nitrogens with zero attached hydrogens (tertiary/aromatic N) is 4. The molecule has 0 bridgehead atoms. The average Bonchev–Trinajstić information content (AvgIpc) is 3.32. The van der Waals surface area contributed by atoms with E-state index in [2.05, 4.69) is 40.2 Å². The van der Waals surface area contributed by atoms with Gasteiger partial charge >= 0.3 is 6.18 Å². The van der Waals surface area contributed by atoms with Gasteiger partial charge in [0, 0.05) is 24.6 Å². The lowest BCUT2D eigenvalue weighted by Crippen LogP contribution is -2.44. The third kappa shape index (κ3) is 7.31. The van der Waals surface area contributed by atoms with Crippen molar-refractivity contribution in [2.75, 3.05) is 24.7 Å². The monoisotopic (exact) mass is 530 g/mol. The number of halogens is 3. The van der Waals surface area contributed by atoms with Gasteiger partial charge in [-0.2, -0.15) is 13.2 Å². The van der Waals surface area contributed by atoms with Gasteiger partial charge in [-0.05, 0) is 56.4 Å². The molecule has 4 rings (SSSR count). The number of benzene rings is 2. The zero-order chi connectivity index (χ0) is 27.3. The van der Waals surface area contributed by atoms with E-state index in [9.17, 15) is 22.8 Å². The van der Waals surface area contributed by atoms with E-state index >= 15 is 0 Å². The Balaban J connectivity index is 1.40. The van der Waals surface area contributed by atoms with E-state index in [1.807, 2.05) is 0 Å². The van der Waals surface area contributed by atoms with Crippen molar-refractivity contribution in [3.05, 3.63) is 71.2 Å². The molecule has 0 radical (unpaired) electrons. The molecule has 0 saturated heterocycles. The van der Waals surface area contributed by atoms with E-state index in [0.717, 1.165) is 37.8 Å². The lowest BCUT2D eigenvalue weighted by Gasteiger charge is -2.29. The number of hydrogen-bond acceptors (Lipinski definition) is 5. The molecule has 1 aliphatic carbocycles. The van der Waals surface area contributed by atoms with Crippen LogP contribution in [0.2, 0.25) is 0 Å². The molecule has 9 nitrogen and oxygen atoms in total. The zero-order valence-corrected chi connectivity index (χ0v) is 21.0. The average molecular weight is 531 g/mol. The van der Waals surface area contributed by atoms with Crippen LogP contribution in [0.3, 0.4) is 0 Å². The minimum Gasteiger partial charge on any atom is -0.424 e. The van der Waals surface area contributed by atoms with Gasteiger partial charge in [0.1, 0.15) is 0 Å². The second-order valence-corrected chi connectivity index (χ2v) is 9.50. The summed E-state index contributed by atoms with van der Waals surface area (Å²) in [6.07, 6.45) is 0.592. The highest BCUT2D eigenvalue weighted by atomic mass is 19.4. The van der Waals surface area contributed by atoms with Gasteiger partial charge in [-0.25, -0.2) is 0 Å². The van der Waals surface area contributed by atoms with Crippen molar-refractivity contribution in [1.29, 1.82) is 0 Å². The first-order chi connectivity index (χ1) is 18.1. The summed E-state index contributed by atoms with van der Waals surface area (Å²) in [7, 11) is 4.10. The lowest BCUT2D eigenvalue weighted by molar-refractivity contribution is -0.787. The first kappa shape index (κ1) is 27.1. The van der Waals surface area contributed by atoms with Crippen LogP contribution >= 0.6 is 0 Å². The summed E-state index contributed by atoms with van der Waals surface area (Å²) in [6.45, 7) is 0. The van der Waals surface area contributed by atoms with Crippen LogP contribution in [0.25, 0.3) is 5.32 Å². The number of carbonyl (C=O) groups excluding carboxylic acids is 2. The summed E-state index contributed by atoms with van der Waals surface area (Å²) in [4.78, 5) is 27.0. The molecular weight excluding hydrogens is 501 g/mol. The number of rotatable bonds is 7. The molecule has 2 N–H and O–H groups in total. The summed E-state index contributed by atoms with van der Waals surface area (Å²) in [5.41, 5.74) is -0.615. The molecule has 1 saturated carbocycles. The number of aromatic nitrogens is 2. The smallest absolute Gasteiger partial charge is 0.416 e. The SMILES string of the molecule is CN(C)C1CCC([n+]2cc([N-]C(=O)Nc3cc(NC(=O)Cc4ccccc4)cc(C(F)(F)F)c3)on2)CC1. The molecule has 0 atom stereocenters. The topological polar surface area (TPSA) is 105 Å². The third-order valence-corrected chi connectivity index (χ3v) is 6.46. The van der Waals surface area contributed by atoms with E-state index in [1.54, 1.807) is 35.0 Å². The van der Waals surface area contributed by atoms with Crippen LogP contribution in [0, 0.1) is 0 Å². The largest absolute Gasteiger partial charge is 0.424 e. The molecule has 1 heterocycles. The summed E-state index contributed by atoms with van der Waals surface area (Å²) in [5.74, 6) is -0.566. The predicted molar refractivity (Wildman–Crippen MR) is 134 cm³/mol. The van der Waals surface area contributed by atoms with Crippen LogP contribution in [-0.4, -0.2) is 42.2 Å². The maximum atomic E-state index is 13.5. The Morgan fingerprint density at radius 1 is 1.05 bits per heavy atom. The number of carbonyl (C=O) groups is 2. The Kier molecular flexibility index (Phi) is 8.30. The van der Waals surface area contributed by atoms with Crippen molar-refractivity contribution < 1.29 is 32.0 Å². The molecule has 0 unspecified atom stereocenters. The van der Waals surface area contributed by atoms with Gasteiger partial charge in [0.05, 0.1) is 12.0 Å². The summed E-state index contributed by atoms with van der Waals surface area (Å²) < 4.78 is 47.2. The van der Waals surface area contributed by atoms with Gasteiger partial charge in [0.25, 0.3) is 0 Å². The van der Waals surface area contributed by atoms with E-state index in [-0.39, 0.29) is 29.7 Å². The molecular formula is C26H29F3N6O3. The van der Waals surface area contributed by atoms with Crippen LogP contribution in [-0.2, 0) is 17.4 Å². The number of hydrogen-bond donors (Lipinski definition) is 2. The molecule has 1 aromatic heterocycles. The standard InChI is InChI=1S/C26H29F3N6O3/c1-34(2)21-8-10-22(11-9-21)35-16-24(38-33-35)32-25(37)31-20-14-18(26(27,28)29)13-19(15-20)30-23(36)12-17-6-4-3-5-7-17/h3-7,13-16,21-22H,8-12H2,1-2H3,(H2-,30,31,32,33,36,37). The molecule has 12 heteroatoms. The second kappa shape index (κ2) is 11.6. The predicted octanol–water partition coefficient (Wildman–Crippen LogP) is 5.44. The minimum absolute atomic E-state index is 0.0175. The molecule has 0 spiro atoms. The highest BCUT2D eigenvalue weighted by Crippen LogP contribution is 2.34. The molecule has 202 valence electrons. The summed E-state index contributed by atoms with van der Waals surface area (Å²) in [6, 6.07) is 11.3. The van der Waals surface area contributed by atoms with E-state index in [1.165, 1.54) is 12.3 Å². The van der Waals surface area contributed by atoms with Crippen LogP contribution in [0.15, 0.2) is 59.3 Å². The van der Waals surface area contributed by atoms with Crippen molar-refractivity contribution in [2.45, 2.75) is 50.4 Å². The normalized spacial score (nSPS) is 17.7. The fraction of sp³-hybridized carbons (Fsp3) is 0.385. The van der Waals surface area contributed by atoms with Crippen molar-refractivity contribution in [1.82, 2.24) is 10.2 Å². The highest BCUT2D eigenvalue weighted by molar-refractivity contribution is 6.04. The maximum absolute atomic E-state index is 13.5. The third-order valence-electron chi connectivity index (χ3n) is 6.46. The highest BCUT2D eigenvalue weighted by Gasteiger charge is 2.32. The molecule has 3 aromatic rings. The first-order valence-corrected chi connectivity index (χ1v) is 12.2. The molecule has 1 fully saturated rings. The Labute approximate surface area is 218 Å². The number of amides is 3. The Bertz CT molecular complexity index is 1250. The summed E-state index contributed by atoms with van der Waals surface area (Å²) in [5, 5.41) is 12.5. The number of anilines is 2. The number of nitrogens with one attached hydrogen (secondary N) is 2. The fourth-order valence-corrected chi connectivity index (χ4v) is 4.48.